The molecule has 0 spiro atoms. The predicted octanol–water partition coefficient (Wildman–Crippen LogP) is 2.05. The van der Waals surface area contributed by atoms with Crippen molar-refractivity contribution >= 4 is 11.8 Å². The van der Waals surface area contributed by atoms with Gasteiger partial charge >= 0.3 is 0 Å². The lowest BCUT2D eigenvalue weighted by Crippen LogP contribution is -2.50. The summed E-state index contributed by atoms with van der Waals surface area (Å²) in [7, 11) is 1.41. The summed E-state index contributed by atoms with van der Waals surface area (Å²) in [6, 6.07) is 7.69. The van der Waals surface area contributed by atoms with Crippen LogP contribution in [0.1, 0.15) is 13.8 Å². The molecule has 98 valence electrons. The van der Waals surface area contributed by atoms with Gasteiger partial charge in [-0.1, -0.05) is 13.8 Å². The molecule has 19 heavy (non-hydrogen) atoms. The highest BCUT2D eigenvalue weighted by Crippen LogP contribution is 2.67. The van der Waals surface area contributed by atoms with Crippen LogP contribution in [-0.4, -0.2) is 18.3 Å². The lowest BCUT2D eigenvalue weighted by molar-refractivity contribution is -0.00654. The Bertz CT molecular complexity index is 513. The van der Waals surface area contributed by atoms with Gasteiger partial charge < -0.3 is 4.74 Å². The first-order chi connectivity index (χ1) is 8.93. The van der Waals surface area contributed by atoms with E-state index in [0.717, 1.165) is 0 Å². The van der Waals surface area contributed by atoms with Gasteiger partial charge in [-0.2, -0.15) is 21.0 Å². The number of hydrogen-bond acceptors (Lipinski definition) is 6. The Morgan fingerprint density at radius 1 is 0.947 bits per heavy atom. The summed E-state index contributed by atoms with van der Waals surface area (Å²) >= 11 is 1.21. The van der Waals surface area contributed by atoms with Crippen LogP contribution in [0.15, 0.2) is 0 Å². The van der Waals surface area contributed by atoms with Crippen molar-refractivity contribution in [2.75, 3.05) is 13.4 Å². The van der Waals surface area contributed by atoms with E-state index in [1.54, 1.807) is 13.2 Å². The normalized spacial score (nSPS) is 34.5. The number of hydrogen-bond donors (Lipinski definition) is 0. The van der Waals surface area contributed by atoms with Gasteiger partial charge in [0, 0.05) is 13.0 Å². The predicted molar refractivity (Wildman–Crippen MR) is 68.9 cm³/mol. The van der Waals surface area contributed by atoms with E-state index >= 15 is 0 Å². The van der Waals surface area contributed by atoms with Gasteiger partial charge in [-0.3, -0.25) is 0 Å². The summed E-state index contributed by atoms with van der Waals surface area (Å²) in [6.07, 6.45) is 1.72. The van der Waals surface area contributed by atoms with Crippen LogP contribution in [0.25, 0.3) is 0 Å². The highest BCUT2D eigenvalue weighted by atomic mass is 32.2. The van der Waals surface area contributed by atoms with Crippen LogP contribution in [0.2, 0.25) is 0 Å². The molecule has 0 aromatic heterocycles. The second-order valence-corrected chi connectivity index (χ2v) is 5.67. The molecule has 1 saturated carbocycles. The molecule has 0 aromatic carbocycles. The van der Waals surface area contributed by atoms with Crippen molar-refractivity contribution in [3.8, 4) is 24.3 Å². The molecule has 3 atom stereocenters. The molecule has 3 unspecified atom stereocenters. The summed E-state index contributed by atoms with van der Waals surface area (Å²) in [5, 5.41) is 38.1. The molecular weight excluding hydrogens is 260 g/mol. The van der Waals surface area contributed by atoms with Gasteiger partial charge in [0.25, 0.3) is 0 Å². The van der Waals surface area contributed by atoms with Crippen LogP contribution < -0.4 is 0 Å². The van der Waals surface area contributed by atoms with Gasteiger partial charge in [-0.15, -0.1) is 11.8 Å². The molecule has 0 aromatic rings. The minimum atomic E-state index is -1.82. The minimum Gasteiger partial charge on any atom is -0.364 e. The molecule has 0 amide bonds. The zero-order valence-electron chi connectivity index (χ0n) is 11.3. The number of nitrogens with zero attached hydrogens (tertiary/aromatic N) is 4. The Balaban J connectivity index is 3.85. The van der Waals surface area contributed by atoms with Crippen molar-refractivity contribution < 1.29 is 4.74 Å². The number of methoxy groups -OCH3 is 1. The van der Waals surface area contributed by atoms with Crippen molar-refractivity contribution in [2.45, 2.75) is 18.8 Å². The number of nitriles is 4. The average molecular weight is 274 g/mol. The van der Waals surface area contributed by atoms with Crippen molar-refractivity contribution in [1.82, 2.24) is 0 Å². The van der Waals surface area contributed by atoms with E-state index < -0.39 is 21.7 Å². The lowest BCUT2D eigenvalue weighted by Gasteiger charge is -2.39. The molecule has 0 heterocycles. The van der Waals surface area contributed by atoms with Crippen molar-refractivity contribution in [3.63, 3.8) is 0 Å². The summed E-state index contributed by atoms with van der Waals surface area (Å²) in [4.78, 5) is -1.19. The van der Waals surface area contributed by atoms with Gasteiger partial charge in [-0.05, 0) is 12.2 Å². The Labute approximate surface area is 117 Å². The summed E-state index contributed by atoms with van der Waals surface area (Å²) in [5.74, 6) is -0.736. The number of rotatable bonds is 2. The molecule has 0 radical (unpaired) electrons. The molecular formula is C13H14N4OS. The molecule has 1 rings (SSSR count). The second-order valence-electron chi connectivity index (χ2n) is 4.66. The quantitative estimate of drug-likeness (QED) is 0.713. The van der Waals surface area contributed by atoms with E-state index in [1.807, 2.05) is 31.2 Å². The van der Waals surface area contributed by atoms with E-state index in [9.17, 15) is 21.0 Å². The van der Waals surface area contributed by atoms with Gasteiger partial charge in [-0.25, -0.2) is 0 Å². The topological polar surface area (TPSA) is 104 Å². The summed E-state index contributed by atoms with van der Waals surface area (Å²) in [6.45, 7) is 3.53. The van der Waals surface area contributed by atoms with Crippen molar-refractivity contribution in [3.05, 3.63) is 0 Å². The fraction of sp³-hybridized carbons (Fsp3) is 0.692. The molecule has 1 aliphatic rings. The second kappa shape index (κ2) is 4.75. The Morgan fingerprint density at radius 3 is 1.68 bits per heavy atom. The fourth-order valence-corrected chi connectivity index (χ4v) is 4.48. The largest absolute Gasteiger partial charge is 0.364 e. The first kappa shape index (κ1) is 15.3. The Morgan fingerprint density at radius 2 is 1.42 bits per heavy atom. The van der Waals surface area contributed by atoms with E-state index in [-0.39, 0.29) is 5.92 Å². The Hall–Kier alpha value is -1.73. The smallest absolute Gasteiger partial charge is 0.213 e. The Kier molecular flexibility index (Phi) is 3.83. The molecule has 6 heteroatoms. The third kappa shape index (κ3) is 1.31. The SMILES string of the molecule is COC1(SC)C(C)C(C)C(C#N)(C#N)C1(C#N)C#N. The molecule has 1 aliphatic carbocycles. The van der Waals surface area contributed by atoms with Crippen LogP contribution in [0.3, 0.4) is 0 Å². The first-order valence-corrected chi connectivity index (χ1v) is 6.91. The fourth-order valence-electron chi connectivity index (χ4n) is 3.18. The van der Waals surface area contributed by atoms with Crippen LogP contribution in [0.4, 0.5) is 0 Å². The first-order valence-electron chi connectivity index (χ1n) is 5.68. The van der Waals surface area contributed by atoms with Gasteiger partial charge in [0.1, 0.15) is 0 Å². The lowest BCUT2D eigenvalue weighted by atomic mass is 9.65. The number of thioether (sulfide) groups is 1. The van der Waals surface area contributed by atoms with Gasteiger partial charge in [0.05, 0.1) is 24.3 Å². The minimum absolute atomic E-state index is 0.286. The zero-order valence-corrected chi connectivity index (χ0v) is 12.1. The molecule has 0 bridgehead atoms. The average Bonchev–Trinajstić information content (AvgIpc) is 2.62. The monoisotopic (exact) mass is 274 g/mol. The molecule has 0 N–H and O–H groups in total. The summed E-state index contributed by atoms with van der Waals surface area (Å²) in [5.41, 5.74) is -3.52. The maximum absolute atomic E-state index is 9.58. The zero-order chi connectivity index (χ0) is 14.9. The molecule has 0 saturated heterocycles. The van der Waals surface area contributed by atoms with Crippen LogP contribution in [0.5, 0.6) is 0 Å². The highest BCUT2D eigenvalue weighted by molar-refractivity contribution is 7.99. The van der Waals surface area contributed by atoms with Crippen LogP contribution in [0, 0.1) is 68.0 Å². The van der Waals surface area contributed by atoms with Gasteiger partial charge in [0.15, 0.2) is 10.3 Å². The van der Waals surface area contributed by atoms with E-state index in [1.165, 1.54) is 18.9 Å². The maximum atomic E-state index is 9.58. The third-order valence-electron chi connectivity index (χ3n) is 4.44. The maximum Gasteiger partial charge on any atom is 0.213 e. The van der Waals surface area contributed by atoms with E-state index in [4.69, 9.17) is 4.74 Å². The molecule has 0 aliphatic heterocycles. The third-order valence-corrected chi connectivity index (χ3v) is 5.89. The molecule has 1 fully saturated rings. The molecule has 5 nitrogen and oxygen atoms in total. The van der Waals surface area contributed by atoms with Crippen LogP contribution >= 0.6 is 11.8 Å². The van der Waals surface area contributed by atoms with E-state index in [0.29, 0.717) is 0 Å². The highest BCUT2D eigenvalue weighted by Gasteiger charge is 2.78. The summed E-state index contributed by atoms with van der Waals surface area (Å²) < 4.78 is 5.50. The number of ether oxygens (including phenoxy) is 1. The van der Waals surface area contributed by atoms with Crippen molar-refractivity contribution in [1.29, 1.82) is 21.0 Å². The van der Waals surface area contributed by atoms with Crippen molar-refractivity contribution in [2.24, 2.45) is 22.7 Å². The van der Waals surface area contributed by atoms with Gasteiger partial charge in [0.2, 0.25) is 5.41 Å². The van der Waals surface area contributed by atoms with Crippen LogP contribution in [-0.2, 0) is 4.74 Å². The van der Waals surface area contributed by atoms with E-state index in [2.05, 4.69) is 0 Å². The standard InChI is InChI=1S/C13H14N4OS/c1-9-10(2)13(18-3,19-4)12(7-16,8-17)11(9,5-14)6-15/h9-10H,1-4H3.